The minimum absolute atomic E-state index is 0.00957. The number of anilines is 1. The number of carbonyl (C=O) groups is 1. The Bertz CT molecular complexity index is 843. The average Bonchev–Trinajstić information content (AvgIpc) is 2.57. The normalized spacial score (nSPS) is 11.1. The van der Waals surface area contributed by atoms with Crippen LogP contribution in [-0.2, 0) is 4.79 Å². The largest absolute Gasteiger partial charge is 0.435 e. The minimum atomic E-state index is -2.91. The fourth-order valence-electron chi connectivity index (χ4n) is 1.99. The summed E-state index contributed by atoms with van der Waals surface area (Å²) in [6.45, 7) is -1.17. The van der Waals surface area contributed by atoms with Crippen molar-refractivity contribution in [2.24, 2.45) is 0 Å². The molecule has 2 aromatic rings. The Morgan fingerprint density at radius 1 is 1.28 bits per heavy atom. The van der Waals surface area contributed by atoms with Crippen LogP contribution in [0.4, 0.5) is 14.5 Å². The number of halogens is 3. The lowest BCUT2D eigenvalue weighted by molar-refractivity contribution is -0.112. The fraction of sp³-hybridized carbons (Fsp3) is 0.111. The molecule has 128 valence electrons. The van der Waals surface area contributed by atoms with Gasteiger partial charge in [-0.2, -0.15) is 14.0 Å². The predicted octanol–water partition coefficient (Wildman–Crippen LogP) is 4.80. The van der Waals surface area contributed by atoms with Gasteiger partial charge in [-0.05, 0) is 48.4 Å². The summed E-state index contributed by atoms with van der Waals surface area (Å²) in [5, 5.41) is 12.3. The van der Waals surface area contributed by atoms with Gasteiger partial charge in [-0.3, -0.25) is 4.79 Å². The third-order valence-electron chi connectivity index (χ3n) is 3.30. The number of nitrogens with zero attached hydrogens (tertiary/aromatic N) is 1. The van der Waals surface area contributed by atoms with Crippen molar-refractivity contribution in [1.82, 2.24) is 0 Å². The molecule has 2 aromatic carbocycles. The minimum Gasteiger partial charge on any atom is -0.435 e. The second-order valence-corrected chi connectivity index (χ2v) is 5.39. The highest BCUT2D eigenvalue weighted by atomic mass is 35.5. The van der Waals surface area contributed by atoms with Gasteiger partial charge in [0.25, 0.3) is 5.91 Å². The van der Waals surface area contributed by atoms with Gasteiger partial charge in [-0.1, -0.05) is 29.8 Å². The highest BCUT2D eigenvalue weighted by Gasteiger charge is 2.12. The Morgan fingerprint density at radius 3 is 2.56 bits per heavy atom. The first kappa shape index (κ1) is 18.4. The molecule has 25 heavy (non-hydrogen) atoms. The van der Waals surface area contributed by atoms with E-state index in [1.807, 2.05) is 6.07 Å². The number of hydrogen-bond donors (Lipinski definition) is 1. The summed E-state index contributed by atoms with van der Waals surface area (Å²) in [6.07, 6.45) is 1.35. The van der Waals surface area contributed by atoms with Gasteiger partial charge < -0.3 is 10.1 Å². The van der Waals surface area contributed by atoms with Crippen molar-refractivity contribution >= 4 is 29.3 Å². The van der Waals surface area contributed by atoms with Crippen LogP contribution in [0.1, 0.15) is 11.1 Å². The molecule has 0 atom stereocenters. The van der Waals surface area contributed by atoms with Crippen LogP contribution in [0.5, 0.6) is 5.75 Å². The highest BCUT2D eigenvalue weighted by molar-refractivity contribution is 6.31. The fourth-order valence-corrected chi connectivity index (χ4v) is 2.17. The van der Waals surface area contributed by atoms with Crippen LogP contribution >= 0.6 is 11.6 Å². The number of nitrogens with one attached hydrogen (secondary N) is 1. The van der Waals surface area contributed by atoms with Crippen LogP contribution < -0.4 is 10.1 Å². The van der Waals surface area contributed by atoms with Gasteiger partial charge in [0.1, 0.15) is 17.4 Å². The van der Waals surface area contributed by atoms with Crippen LogP contribution in [-0.4, -0.2) is 12.5 Å². The second-order valence-electron chi connectivity index (χ2n) is 4.98. The van der Waals surface area contributed by atoms with Gasteiger partial charge in [-0.25, -0.2) is 0 Å². The van der Waals surface area contributed by atoms with Gasteiger partial charge in [0.15, 0.2) is 0 Å². The lowest BCUT2D eigenvalue weighted by atomic mass is 10.1. The van der Waals surface area contributed by atoms with E-state index in [4.69, 9.17) is 11.6 Å². The Labute approximate surface area is 148 Å². The third kappa shape index (κ3) is 5.03. The van der Waals surface area contributed by atoms with Crippen molar-refractivity contribution in [3.8, 4) is 11.8 Å². The molecule has 0 bridgehead atoms. The highest BCUT2D eigenvalue weighted by Crippen LogP contribution is 2.23. The Morgan fingerprint density at radius 2 is 1.96 bits per heavy atom. The Kier molecular flexibility index (Phi) is 6.09. The summed E-state index contributed by atoms with van der Waals surface area (Å²) in [5.41, 5.74) is 1.54. The van der Waals surface area contributed by atoms with Crippen LogP contribution in [0.25, 0.3) is 6.08 Å². The Balaban J connectivity index is 2.18. The van der Waals surface area contributed by atoms with Crippen LogP contribution in [0.3, 0.4) is 0 Å². The second kappa shape index (κ2) is 8.27. The zero-order valence-electron chi connectivity index (χ0n) is 13.1. The third-order valence-corrected chi connectivity index (χ3v) is 3.71. The van der Waals surface area contributed by atoms with Crippen molar-refractivity contribution in [2.75, 3.05) is 5.32 Å². The lowest BCUT2D eigenvalue weighted by Gasteiger charge is -2.09. The van der Waals surface area contributed by atoms with Crippen LogP contribution in [0, 0.1) is 18.3 Å². The maximum Gasteiger partial charge on any atom is 0.387 e. The summed E-state index contributed by atoms with van der Waals surface area (Å²) in [7, 11) is 0. The molecule has 0 saturated heterocycles. The first-order valence-electron chi connectivity index (χ1n) is 7.14. The van der Waals surface area contributed by atoms with E-state index in [1.54, 1.807) is 25.1 Å². The maximum atomic E-state index is 12.3. The van der Waals surface area contributed by atoms with E-state index in [1.165, 1.54) is 30.3 Å². The number of carbonyl (C=O) groups excluding carboxylic acids is 1. The van der Waals surface area contributed by atoms with Gasteiger partial charge in [0.05, 0.1) is 0 Å². The van der Waals surface area contributed by atoms with Crippen molar-refractivity contribution in [2.45, 2.75) is 13.5 Å². The van der Waals surface area contributed by atoms with Gasteiger partial charge in [0, 0.05) is 10.7 Å². The molecule has 0 fully saturated rings. The summed E-state index contributed by atoms with van der Waals surface area (Å²) in [5.74, 6) is -0.606. The number of benzene rings is 2. The number of rotatable bonds is 5. The molecule has 0 aliphatic carbocycles. The van der Waals surface area contributed by atoms with Crippen LogP contribution in [0.2, 0.25) is 5.02 Å². The summed E-state index contributed by atoms with van der Waals surface area (Å²) in [4.78, 5) is 12.3. The number of amides is 1. The summed E-state index contributed by atoms with van der Waals surface area (Å²) >= 11 is 6.00. The lowest BCUT2D eigenvalue weighted by Crippen LogP contribution is -2.14. The van der Waals surface area contributed by atoms with Gasteiger partial charge in [0.2, 0.25) is 0 Å². The van der Waals surface area contributed by atoms with E-state index in [-0.39, 0.29) is 11.3 Å². The molecule has 0 unspecified atom stereocenters. The molecule has 1 amide bonds. The molecule has 0 aromatic heterocycles. The molecular formula is C18H13ClF2N2O2. The first-order chi connectivity index (χ1) is 11.9. The summed E-state index contributed by atoms with van der Waals surface area (Å²) < 4.78 is 28.5. The molecule has 0 heterocycles. The van der Waals surface area contributed by atoms with E-state index >= 15 is 0 Å². The number of hydrogen-bond acceptors (Lipinski definition) is 3. The zero-order valence-corrected chi connectivity index (χ0v) is 13.8. The van der Waals surface area contributed by atoms with Crippen molar-refractivity contribution in [3.05, 3.63) is 64.2 Å². The number of alkyl halides is 2. The van der Waals surface area contributed by atoms with E-state index in [2.05, 4.69) is 10.1 Å². The van der Waals surface area contributed by atoms with Gasteiger partial charge in [-0.15, -0.1) is 0 Å². The molecule has 7 heteroatoms. The maximum absolute atomic E-state index is 12.3. The van der Waals surface area contributed by atoms with Crippen molar-refractivity contribution in [3.63, 3.8) is 0 Å². The van der Waals surface area contributed by atoms with E-state index < -0.39 is 12.5 Å². The number of ether oxygens (including phenoxy) is 1. The number of nitriles is 1. The molecule has 1 N–H and O–H groups in total. The van der Waals surface area contributed by atoms with Crippen molar-refractivity contribution in [1.29, 1.82) is 5.26 Å². The summed E-state index contributed by atoms with van der Waals surface area (Å²) in [6, 6.07) is 12.4. The molecule has 0 radical (unpaired) electrons. The van der Waals surface area contributed by atoms with E-state index in [9.17, 15) is 18.8 Å². The average molecular weight is 363 g/mol. The topological polar surface area (TPSA) is 62.1 Å². The first-order valence-corrected chi connectivity index (χ1v) is 7.51. The van der Waals surface area contributed by atoms with E-state index in [0.29, 0.717) is 21.8 Å². The predicted molar refractivity (Wildman–Crippen MR) is 91.5 cm³/mol. The quantitative estimate of drug-likeness (QED) is 0.614. The molecule has 0 spiro atoms. The molecular weight excluding hydrogens is 350 g/mol. The van der Waals surface area contributed by atoms with Crippen molar-refractivity contribution < 1.29 is 18.3 Å². The van der Waals surface area contributed by atoms with Gasteiger partial charge >= 0.3 is 6.61 Å². The molecule has 0 aliphatic heterocycles. The Hall–Kier alpha value is -2.91. The zero-order chi connectivity index (χ0) is 18.4. The monoisotopic (exact) mass is 362 g/mol. The van der Waals surface area contributed by atoms with E-state index in [0.717, 1.165) is 0 Å². The molecule has 0 aliphatic rings. The standard InChI is InChI=1S/C18H13ClF2N2O2/c1-11-15(19)3-2-4-16(11)23-17(24)13(10-22)9-12-5-7-14(8-6-12)25-18(20)21/h2-9,18H,1H3,(H,23,24)/b13-9+. The molecule has 2 rings (SSSR count). The SMILES string of the molecule is Cc1c(Cl)cccc1NC(=O)/C(C#N)=C/c1ccc(OC(F)F)cc1. The smallest absolute Gasteiger partial charge is 0.387 e. The molecule has 0 saturated carbocycles. The molecule has 4 nitrogen and oxygen atoms in total. The van der Waals surface area contributed by atoms with Crippen LogP contribution in [0.15, 0.2) is 48.0 Å².